The van der Waals surface area contributed by atoms with Gasteiger partial charge in [0.1, 0.15) is 73.2 Å². The third-order valence-electron chi connectivity index (χ3n) is 18.8. The third kappa shape index (κ3) is 8.90. The SMILES string of the molecule is CC(C)=CCCC(C)(OC1OC(COC2OC(CO)C(O)C(O)C2O)C(O)C(O)C1O)C1CCC2(C)C1C(O)CC1C3(C)CCC(OC4OC(CO)C(O)C(O)C4O)C(C)(C)C3CCC12C. The van der Waals surface area contributed by atoms with E-state index in [1.54, 1.807) is 0 Å². The molecular formula is C48H82O18. The van der Waals surface area contributed by atoms with Crippen LogP contribution in [-0.4, -0.2) is 191 Å². The van der Waals surface area contributed by atoms with Crippen LogP contribution in [0.1, 0.15) is 113 Å². The van der Waals surface area contributed by atoms with Crippen LogP contribution in [0.5, 0.6) is 0 Å². The maximum atomic E-state index is 12.7. The van der Waals surface area contributed by atoms with Crippen LogP contribution in [0.2, 0.25) is 0 Å². The fraction of sp³-hybridized carbons (Fsp3) is 0.958. The summed E-state index contributed by atoms with van der Waals surface area (Å²) in [7, 11) is 0. The summed E-state index contributed by atoms with van der Waals surface area (Å²) >= 11 is 0. The van der Waals surface area contributed by atoms with E-state index >= 15 is 0 Å². The van der Waals surface area contributed by atoms with Gasteiger partial charge in [0.25, 0.3) is 0 Å². The largest absolute Gasteiger partial charge is 0.394 e. The summed E-state index contributed by atoms with van der Waals surface area (Å²) in [5.41, 5.74) is -1.06. The Bertz CT molecular complexity index is 1680. The molecule has 3 aliphatic heterocycles. The molecule has 12 N–H and O–H groups in total. The molecule has 3 saturated heterocycles. The van der Waals surface area contributed by atoms with Gasteiger partial charge in [-0.25, -0.2) is 0 Å². The zero-order chi connectivity index (χ0) is 48.6. The van der Waals surface area contributed by atoms with Crippen molar-refractivity contribution in [1.82, 2.24) is 0 Å². The van der Waals surface area contributed by atoms with Crippen molar-refractivity contribution in [3.8, 4) is 0 Å². The van der Waals surface area contributed by atoms with Crippen molar-refractivity contribution < 1.29 is 89.7 Å². The normalized spacial score (nSPS) is 52.4. The Morgan fingerprint density at radius 2 is 1.15 bits per heavy atom. The summed E-state index contributed by atoms with van der Waals surface area (Å²) in [5, 5.41) is 129. The van der Waals surface area contributed by atoms with Crippen LogP contribution in [0.25, 0.3) is 0 Å². The van der Waals surface area contributed by atoms with Gasteiger partial charge in [0.2, 0.25) is 0 Å². The standard InChI is InChI=1S/C48H82O18/c1-22(2)10-9-14-48(8,66-43-40(60)37(57)34(54)27(64-43)21-61-41-38(58)35(55)32(52)25(19-49)62-41)23-11-16-47(7)31(23)24(51)18-29-45(5)15-13-30(44(3,4)28(45)12-17-46(29,47)6)65-42-39(59)36(56)33(53)26(20-50)63-42/h10,23-43,49-60H,9,11-21H2,1-8H3. The van der Waals surface area contributed by atoms with Crippen LogP contribution in [0.4, 0.5) is 0 Å². The van der Waals surface area contributed by atoms with Crippen LogP contribution in [0.3, 0.4) is 0 Å². The van der Waals surface area contributed by atoms with E-state index in [9.17, 15) is 61.3 Å². The number of allylic oxidation sites excluding steroid dienone is 2. The lowest BCUT2D eigenvalue weighted by Crippen LogP contribution is -2.67. The number of fused-ring (bicyclic) bond motifs is 5. The van der Waals surface area contributed by atoms with Gasteiger partial charge in [-0.2, -0.15) is 0 Å². The molecule has 25 unspecified atom stereocenters. The topological polar surface area (TPSA) is 298 Å². The molecule has 0 radical (unpaired) electrons. The van der Waals surface area contributed by atoms with Crippen LogP contribution in [-0.2, 0) is 28.4 Å². The van der Waals surface area contributed by atoms with Crippen molar-refractivity contribution in [2.24, 2.45) is 45.3 Å². The van der Waals surface area contributed by atoms with E-state index in [1.807, 2.05) is 20.8 Å². The molecule has 4 aliphatic carbocycles. The molecule has 0 aromatic carbocycles. The van der Waals surface area contributed by atoms with Crippen LogP contribution < -0.4 is 0 Å². The van der Waals surface area contributed by atoms with Crippen molar-refractivity contribution in [2.45, 2.75) is 223 Å². The van der Waals surface area contributed by atoms with Crippen molar-refractivity contribution >= 4 is 0 Å². The number of ether oxygens (including phenoxy) is 6. The number of aliphatic hydroxyl groups is 12. The molecule has 0 amide bonds. The average Bonchev–Trinajstić information content (AvgIpc) is 3.65. The molecular weight excluding hydrogens is 865 g/mol. The van der Waals surface area contributed by atoms with E-state index in [2.05, 4.69) is 40.7 Å². The summed E-state index contributed by atoms with van der Waals surface area (Å²) < 4.78 is 36.6. The molecule has 0 bridgehead atoms. The Morgan fingerprint density at radius 1 is 0.621 bits per heavy atom. The number of hydrogen-bond donors (Lipinski definition) is 12. The molecule has 0 aromatic heterocycles. The number of aliphatic hydroxyl groups excluding tert-OH is 12. The van der Waals surface area contributed by atoms with Crippen molar-refractivity contribution in [2.75, 3.05) is 19.8 Å². The molecule has 66 heavy (non-hydrogen) atoms. The molecule has 18 heteroatoms. The number of hydrogen-bond acceptors (Lipinski definition) is 18. The van der Waals surface area contributed by atoms with E-state index in [0.717, 1.165) is 31.3 Å². The lowest BCUT2D eigenvalue weighted by atomic mass is 9.35. The second kappa shape index (κ2) is 19.6. The van der Waals surface area contributed by atoms with Crippen molar-refractivity contribution in [1.29, 1.82) is 0 Å². The van der Waals surface area contributed by atoms with Gasteiger partial charge in [0.05, 0.1) is 37.6 Å². The fourth-order valence-corrected chi connectivity index (χ4v) is 14.8. The first kappa shape index (κ1) is 52.8. The Kier molecular flexibility index (Phi) is 15.7. The third-order valence-corrected chi connectivity index (χ3v) is 18.8. The maximum Gasteiger partial charge on any atom is 0.187 e. The average molecular weight is 947 g/mol. The molecule has 25 atom stereocenters. The van der Waals surface area contributed by atoms with Crippen LogP contribution in [0.15, 0.2) is 11.6 Å². The van der Waals surface area contributed by atoms with Crippen molar-refractivity contribution in [3.63, 3.8) is 0 Å². The van der Waals surface area contributed by atoms with E-state index in [0.29, 0.717) is 32.1 Å². The van der Waals surface area contributed by atoms with Gasteiger partial charge >= 0.3 is 0 Å². The molecule has 7 fully saturated rings. The first-order valence-electron chi connectivity index (χ1n) is 24.4. The lowest BCUT2D eigenvalue weighted by Gasteiger charge is -2.71. The van der Waals surface area contributed by atoms with Gasteiger partial charge in [-0.1, -0.05) is 46.3 Å². The summed E-state index contributed by atoms with van der Waals surface area (Å²) in [6.07, 6.45) is -14.9. The molecule has 3 heterocycles. The monoisotopic (exact) mass is 947 g/mol. The summed E-state index contributed by atoms with van der Waals surface area (Å²) in [5.74, 6) is -0.128. The smallest absolute Gasteiger partial charge is 0.187 e. The fourth-order valence-electron chi connectivity index (χ4n) is 14.8. The summed E-state index contributed by atoms with van der Waals surface area (Å²) in [6.45, 7) is 15.8. The Labute approximate surface area is 388 Å². The second-order valence-electron chi connectivity index (χ2n) is 22.9. The molecule has 4 saturated carbocycles. The maximum absolute atomic E-state index is 12.7. The van der Waals surface area contributed by atoms with Gasteiger partial charge < -0.3 is 89.7 Å². The minimum atomic E-state index is -1.72. The lowest BCUT2D eigenvalue weighted by molar-refractivity contribution is -0.350. The molecule has 0 aromatic rings. The van der Waals surface area contributed by atoms with Gasteiger partial charge in [0.15, 0.2) is 18.9 Å². The first-order chi connectivity index (χ1) is 30.8. The van der Waals surface area contributed by atoms with Gasteiger partial charge in [0, 0.05) is 0 Å². The number of rotatable bonds is 13. The van der Waals surface area contributed by atoms with E-state index in [4.69, 9.17) is 28.4 Å². The highest BCUT2D eigenvalue weighted by molar-refractivity contribution is 5.20. The molecule has 18 nitrogen and oxygen atoms in total. The molecule has 382 valence electrons. The Morgan fingerprint density at radius 3 is 1.74 bits per heavy atom. The minimum Gasteiger partial charge on any atom is -0.394 e. The van der Waals surface area contributed by atoms with Gasteiger partial charge in [-0.15, -0.1) is 0 Å². The highest BCUT2D eigenvalue weighted by Gasteiger charge is 2.72. The van der Waals surface area contributed by atoms with E-state index in [1.165, 1.54) is 0 Å². The predicted octanol–water partition coefficient (Wildman–Crippen LogP) is -0.0268. The quantitative estimate of drug-likeness (QED) is 0.0853. The Hall–Kier alpha value is -0.980. The minimum absolute atomic E-state index is 0.133. The molecule has 0 spiro atoms. The van der Waals surface area contributed by atoms with Crippen LogP contribution >= 0.6 is 0 Å². The van der Waals surface area contributed by atoms with E-state index < -0.39 is 129 Å². The molecule has 7 aliphatic rings. The zero-order valence-corrected chi connectivity index (χ0v) is 40.0. The molecule has 7 rings (SSSR count). The van der Waals surface area contributed by atoms with Gasteiger partial charge in [-0.05, 0) is 124 Å². The zero-order valence-electron chi connectivity index (χ0n) is 40.0. The van der Waals surface area contributed by atoms with E-state index in [-0.39, 0.29) is 46.0 Å². The summed E-state index contributed by atoms with van der Waals surface area (Å²) in [6, 6.07) is 0. The van der Waals surface area contributed by atoms with Crippen molar-refractivity contribution in [3.05, 3.63) is 11.6 Å². The van der Waals surface area contributed by atoms with Gasteiger partial charge in [-0.3, -0.25) is 0 Å². The Balaban J connectivity index is 1.11. The first-order valence-corrected chi connectivity index (χ1v) is 24.4. The highest BCUT2D eigenvalue weighted by Crippen LogP contribution is 2.76. The highest BCUT2D eigenvalue weighted by atomic mass is 16.7. The second-order valence-corrected chi connectivity index (χ2v) is 22.9. The summed E-state index contributed by atoms with van der Waals surface area (Å²) in [4.78, 5) is 0. The predicted molar refractivity (Wildman–Crippen MR) is 234 cm³/mol. The van der Waals surface area contributed by atoms with Crippen LogP contribution in [0, 0.1) is 45.3 Å².